The van der Waals surface area contributed by atoms with Crippen molar-refractivity contribution in [3.63, 3.8) is 0 Å². The van der Waals surface area contributed by atoms with E-state index in [1.54, 1.807) is 20.8 Å². The van der Waals surface area contributed by atoms with Gasteiger partial charge in [-0.2, -0.15) is 4.98 Å². The molecule has 22 heavy (non-hydrogen) atoms. The topological polar surface area (TPSA) is 110 Å². The maximum absolute atomic E-state index is 11.8. The minimum Gasteiger partial charge on any atom is -0.444 e. The van der Waals surface area contributed by atoms with Crippen molar-refractivity contribution in [3.8, 4) is 0 Å². The molecule has 1 aromatic heterocycles. The van der Waals surface area contributed by atoms with Gasteiger partial charge in [0.25, 0.3) is 0 Å². The third-order valence-corrected chi connectivity index (χ3v) is 2.99. The number of nitro groups is 1. The SMILES string of the molecule is CC(C)(C)OC(=O)N1CC(Nc2nc(Cl)ncc2[N+](=O)[O-])C1. The number of nitrogens with zero attached hydrogens (tertiary/aromatic N) is 4. The molecule has 1 aromatic rings. The van der Waals surface area contributed by atoms with Crippen LogP contribution in [0, 0.1) is 10.1 Å². The summed E-state index contributed by atoms with van der Waals surface area (Å²) in [5, 5.41) is 13.7. The number of halogens is 1. The van der Waals surface area contributed by atoms with Gasteiger partial charge in [0.05, 0.1) is 11.0 Å². The molecule has 1 aliphatic rings. The van der Waals surface area contributed by atoms with Gasteiger partial charge >= 0.3 is 11.8 Å². The van der Waals surface area contributed by atoms with Crippen molar-refractivity contribution in [2.75, 3.05) is 18.4 Å². The van der Waals surface area contributed by atoms with E-state index in [4.69, 9.17) is 16.3 Å². The summed E-state index contributed by atoms with van der Waals surface area (Å²) in [7, 11) is 0. The van der Waals surface area contributed by atoms with Crippen LogP contribution >= 0.6 is 11.6 Å². The highest BCUT2D eigenvalue weighted by atomic mass is 35.5. The van der Waals surface area contributed by atoms with Gasteiger partial charge in [-0.1, -0.05) is 0 Å². The Kier molecular flexibility index (Phi) is 4.36. The fourth-order valence-corrected chi connectivity index (χ4v) is 1.97. The molecule has 9 nitrogen and oxygen atoms in total. The van der Waals surface area contributed by atoms with Gasteiger partial charge in [0.15, 0.2) is 0 Å². The van der Waals surface area contributed by atoms with E-state index < -0.39 is 16.6 Å². The second-order valence-corrected chi connectivity index (χ2v) is 6.19. The lowest BCUT2D eigenvalue weighted by atomic mass is 10.1. The Labute approximate surface area is 131 Å². The summed E-state index contributed by atoms with van der Waals surface area (Å²) in [6.07, 6.45) is 0.628. The highest BCUT2D eigenvalue weighted by Gasteiger charge is 2.35. The molecule has 1 amide bonds. The molecule has 0 bridgehead atoms. The summed E-state index contributed by atoms with van der Waals surface area (Å²) in [6.45, 7) is 6.09. The lowest BCUT2D eigenvalue weighted by Gasteiger charge is -2.40. The van der Waals surface area contributed by atoms with E-state index in [0.29, 0.717) is 13.1 Å². The summed E-state index contributed by atoms with van der Waals surface area (Å²) in [4.78, 5) is 31.0. The molecule has 0 unspecified atom stereocenters. The maximum Gasteiger partial charge on any atom is 0.410 e. The summed E-state index contributed by atoms with van der Waals surface area (Å²) >= 11 is 5.65. The minimum absolute atomic E-state index is 0.0406. The van der Waals surface area contributed by atoms with Crippen molar-refractivity contribution in [1.82, 2.24) is 14.9 Å². The van der Waals surface area contributed by atoms with Crippen molar-refractivity contribution in [1.29, 1.82) is 0 Å². The van der Waals surface area contributed by atoms with Crippen molar-refractivity contribution in [2.24, 2.45) is 0 Å². The highest BCUT2D eigenvalue weighted by molar-refractivity contribution is 6.28. The molecule has 10 heteroatoms. The average Bonchev–Trinajstić information content (AvgIpc) is 2.30. The maximum atomic E-state index is 11.8. The van der Waals surface area contributed by atoms with Crippen LogP contribution in [-0.2, 0) is 4.74 Å². The van der Waals surface area contributed by atoms with Crippen LogP contribution in [0.4, 0.5) is 16.3 Å². The van der Waals surface area contributed by atoms with Crippen LogP contribution in [-0.4, -0.2) is 50.6 Å². The molecule has 2 rings (SSSR count). The van der Waals surface area contributed by atoms with Crippen LogP contribution in [0.2, 0.25) is 5.28 Å². The standard InChI is InChI=1S/C12H16ClN5O4/c1-12(2,3)22-11(19)17-5-7(6-17)15-9-8(18(20)21)4-14-10(13)16-9/h4,7H,5-6H2,1-3H3,(H,14,15,16). The van der Waals surface area contributed by atoms with Crippen LogP contribution in [0.25, 0.3) is 0 Å². The predicted octanol–water partition coefficient (Wildman–Crippen LogP) is 2.07. The second kappa shape index (κ2) is 5.91. The van der Waals surface area contributed by atoms with E-state index in [0.717, 1.165) is 6.20 Å². The monoisotopic (exact) mass is 329 g/mol. The summed E-state index contributed by atoms with van der Waals surface area (Å²) < 4.78 is 5.23. The summed E-state index contributed by atoms with van der Waals surface area (Å²) in [5.41, 5.74) is -0.825. The Balaban J connectivity index is 1.94. The van der Waals surface area contributed by atoms with E-state index in [2.05, 4.69) is 15.3 Å². The number of carbonyl (C=O) groups excluding carboxylic acids is 1. The molecule has 120 valence electrons. The molecule has 0 aliphatic carbocycles. The third-order valence-electron chi connectivity index (χ3n) is 2.81. The fourth-order valence-electron chi connectivity index (χ4n) is 1.83. The third kappa shape index (κ3) is 3.94. The molecule has 1 fully saturated rings. The number of hydrogen-bond donors (Lipinski definition) is 1. The van der Waals surface area contributed by atoms with E-state index in [1.807, 2.05) is 0 Å². The number of rotatable bonds is 3. The Hall–Kier alpha value is -2.16. The lowest BCUT2D eigenvalue weighted by Crippen LogP contribution is -2.58. The van der Waals surface area contributed by atoms with Gasteiger partial charge in [0.2, 0.25) is 11.1 Å². The number of likely N-dealkylation sites (tertiary alicyclic amines) is 1. The number of amides is 1. The van der Waals surface area contributed by atoms with Gasteiger partial charge < -0.3 is 15.0 Å². The minimum atomic E-state index is -0.594. The number of carbonyl (C=O) groups is 1. The van der Waals surface area contributed by atoms with Crippen molar-refractivity contribution < 1.29 is 14.5 Å². The normalized spacial score (nSPS) is 15.2. The van der Waals surface area contributed by atoms with Crippen LogP contribution in [0.5, 0.6) is 0 Å². The van der Waals surface area contributed by atoms with Crippen molar-refractivity contribution >= 4 is 29.2 Å². The molecule has 1 aliphatic heterocycles. The molecule has 0 saturated carbocycles. The molecule has 1 saturated heterocycles. The van der Waals surface area contributed by atoms with E-state index in [9.17, 15) is 14.9 Å². The zero-order valence-electron chi connectivity index (χ0n) is 12.4. The zero-order valence-corrected chi connectivity index (χ0v) is 13.1. The van der Waals surface area contributed by atoms with E-state index >= 15 is 0 Å². The number of nitrogens with one attached hydrogen (secondary N) is 1. The first kappa shape index (κ1) is 16.2. The van der Waals surface area contributed by atoms with Gasteiger partial charge in [0, 0.05) is 13.1 Å². The first-order chi connectivity index (χ1) is 10.2. The number of aromatic nitrogens is 2. The van der Waals surface area contributed by atoms with Gasteiger partial charge in [-0.25, -0.2) is 9.78 Å². The van der Waals surface area contributed by atoms with E-state index in [1.165, 1.54) is 4.90 Å². The molecule has 0 spiro atoms. The Morgan fingerprint density at radius 3 is 2.73 bits per heavy atom. The van der Waals surface area contributed by atoms with Gasteiger partial charge in [-0.15, -0.1) is 0 Å². The molecular formula is C12H16ClN5O4. The first-order valence-corrected chi connectivity index (χ1v) is 6.95. The molecular weight excluding hydrogens is 314 g/mol. The number of ether oxygens (including phenoxy) is 1. The van der Waals surface area contributed by atoms with Crippen LogP contribution in [0.1, 0.15) is 20.8 Å². The number of anilines is 1. The predicted molar refractivity (Wildman–Crippen MR) is 78.9 cm³/mol. The second-order valence-electron chi connectivity index (χ2n) is 5.86. The molecule has 2 heterocycles. The first-order valence-electron chi connectivity index (χ1n) is 6.57. The Bertz CT molecular complexity index is 598. The van der Waals surface area contributed by atoms with Crippen LogP contribution in [0.15, 0.2) is 6.20 Å². The fraction of sp³-hybridized carbons (Fsp3) is 0.583. The van der Waals surface area contributed by atoms with Crippen LogP contribution in [0.3, 0.4) is 0 Å². The van der Waals surface area contributed by atoms with Gasteiger partial charge in [0.1, 0.15) is 11.8 Å². The summed E-state index contributed by atoms with van der Waals surface area (Å²) in [6, 6.07) is -0.155. The Morgan fingerprint density at radius 2 is 2.18 bits per heavy atom. The Morgan fingerprint density at radius 1 is 1.55 bits per heavy atom. The molecule has 0 radical (unpaired) electrons. The van der Waals surface area contributed by atoms with E-state index in [-0.39, 0.29) is 22.8 Å². The largest absolute Gasteiger partial charge is 0.444 e. The lowest BCUT2D eigenvalue weighted by molar-refractivity contribution is -0.384. The van der Waals surface area contributed by atoms with Crippen LogP contribution < -0.4 is 5.32 Å². The molecule has 0 atom stereocenters. The van der Waals surface area contributed by atoms with Gasteiger partial charge in [-0.05, 0) is 32.4 Å². The zero-order chi connectivity index (χ0) is 16.5. The average molecular weight is 330 g/mol. The highest BCUT2D eigenvalue weighted by Crippen LogP contribution is 2.25. The van der Waals surface area contributed by atoms with Crippen molar-refractivity contribution in [3.05, 3.63) is 21.6 Å². The number of hydrogen-bond acceptors (Lipinski definition) is 7. The van der Waals surface area contributed by atoms with Crippen molar-refractivity contribution in [2.45, 2.75) is 32.4 Å². The quantitative estimate of drug-likeness (QED) is 0.513. The smallest absolute Gasteiger partial charge is 0.410 e. The van der Waals surface area contributed by atoms with Gasteiger partial charge in [-0.3, -0.25) is 10.1 Å². The molecule has 0 aromatic carbocycles. The summed E-state index contributed by atoms with van der Waals surface area (Å²) in [5.74, 6) is 0.0406. The molecule has 1 N–H and O–H groups in total.